The molecule has 2 aromatic rings. The zero-order valence-electron chi connectivity index (χ0n) is 14.2. The van der Waals surface area contributed by atoms with Crippen LogP contribution in [-0.4, -0.2) is 62.7 Å². The van der Waals surface area contributed by atoms with Crippen LogP contribution in [-0.2, 0) is 23.1 Å². The van der Waals surface area contributed by atoms with Gasteiger partial charge < -0.3 is 14.9 Å². The maximum atomic E-state index is 12.8. The van der Waals surface area contributed by atoms with Crippen LogP contribution in [0.1, 0.15) is 17.3 Å². The minimum Gasteiger partial charge on any atom is -0.387 e. The lowest BCUT2D eigenvalue weighted by atomic mass is 10.0. The summed E-state index contributed by atoms with van der Waals surface area (Å²) in [5, 5.41) is 13.4. The van der Waals surface area contributed by atoms with Gasteiger partial charge in [-0.15, -0.1) is 0 Å². The number of piperazine rings is 1. The van der Waals surface area contributed by atoms with Crippen molar-refractivity contribution in [2.75, 3.05) is 26.2 Å². The van der Waals surface area contributed by atoms with Crippen LogP contribution in [0.2, 0.25) is 0 Å². The van der Waals surface area contributed by atoms with E-state index in [1.165, 1.54) is 0 Å². The summed E-state index contributed by atoms with van der Waals surface area (Å²) in [6.07, 6.45) is 2.05. The molecule has 1 N–H and O–H groups in total. The van der Waals surface area contributed by atoms with Gasteiger partial charge in [-0.3, -0.25) is 14.3 Å². The van der Waals surface area contributed by atoms with Gasteiger partial charge in [0.1, 0.15) is 6.61 Å². The summed E-state index contributed by atoms with van der Waals surface area (Å²) >= 11 is 0. The first-order valence-electron chi connectivity index (χ1n) is 8.30. The summed E-state index contributed by atoms with van der Waals surface area (Å²) in [6.45, 7) is 0.744. The van der Waals surface area contributed by atoms with Crippen molar-refractivity contribution in [3.63, 3.8) is 0 Å². The number of hydrogen-bond acceptors (Lipinski definition) is 4. The van der Waals surface area contributed by atoms with E-state index in [2.05, 4.69) is 5.10 Å². The molecule has 1 unspecified atom stereocenters. The number of aliphatic hydroxyl groups is 1. The molecule has 25 heavy (non-hydrogen) atoms. The van der Waals surface area contributed by atoms with Crippen LogP contribution in [0.3, 0.4) is 0 Å². The Morgan fingerprint density at radius 2 is 1.92 bits per heavy atom. The predicted molar refractivity (Wildman–Crippen MR) is 91.5 cm³/mol. The van der Waals surface area contributed by atoms with Crippen LogP contribution in [0.4, 0.5) is 0 Å². The van der Waals surface area contributed by atoms with E-state index in [0.717, 1.165) is 11.3 Å². The van der Waals surface area contributed by atoms with Gasteiger partial charge in [-0.1, -0.05) is 30.3 Å². The number of aryl methyl sites for hydroxylation is 1. The number of nitrogens with zero attached hydrogens (tertiary/aromatic N) is 4. The molecule has 2 amide bonds. The monoisotopic (exact) mass is 342 g/mol. The van der Waals surface area contributed by atoms with E-state index < -0.39 is 6.61 Å². The molecule has 1 aromatic heterocycles. The van der Waals surface area contributed by atoms with Crippen molar-refractivity contribution in [2.24, 2.45) is 7.05 Å². The lowest BCUT2D eigenvalue weighted by molar-refractivity contribution is -0.144. The van der Waals surface area contributed by atoms with Crippen LogP contribution in [0.15, 0.2) is 42.6 Å². The highest BCUT2D eigenvalue weighted by Crippen LogP contribution is 2.26. The molecule has 2 heterocycles. The molecule has 1 fully saturated rings. The van der Waals surface area contributed by atoms with Gasteiger partial charge in [-0.05, 0) is 11.6 Å². The number of rotatable bonds is 4. The minimum absolute atomic E-state index is 0.0105. The summed E-state index contributed by atoms with van der Waals surface area (Å²) in [5.74, 6) is -0.318. The molecule has 0 aliphatic carbocycles. The van der Waals surface area contributed by atoms with Crippen LogP contribution in [0.25, 0.3) is 0 Å². The second-order valence-electron chi connectivity index (χ2n) is 6.17. The average Bonchev–Trinajstić information content (AvgIpc) is 3.06. The highest BCUT2D eigenvalue weighted by atomic mass is 16.3. The molecule has 3 rings (SSSR count). The third-order valence-electron chi connectivity index (χ3n) is 4.47. The Balaban J connectivity index is 1.80. The van der Waals surface area contributed by atoms with Gasteiger partial charge in [-0.2, -0.15) is 5.10 Å². The summed E-state index contributed by atoms with van der Waals surface area (Å²) < 4.78 is 1.68. The highest BCUT2D eigenvalue weighted by Gasteiger charge is 2.33. The quantitative estimate of drug-likeness (QED) is 0.871. The molecular weight excluding hydrogens is 320 g/mol. The molecule has 1 aliphatic heterocycles. The lowest BCUT2D eigenvalue weighted by Gasteiger charge is -2.41. The van der Waals surface area contributed by atoms with Crippen molar-refractivity contribution in [1.82, 2.24) is 19.6 Å². The minimum atomic E-state index is -0.511. The second kappa shape index (κ2) is 7.48. The van der Waals surface area contributed by atoms with Crippen molar-refractivity contribution in [1.29, 1.82) is 0 Å². The Bertz CT molecular complexity index is 744. The van der Waals surface area contributed by atoms with Crippen LogP contribution < -0.4 is 0 Å². The SMILES string of the molecule is Cn1ccc(CC(=O)N2CCN(C(=O)CO)CC2c2ccccc2)n1. The molecular formula is C18H22N4O3. The smallest absolute Gasteiger partial charge is 0.248 e. The van der Waals surface area contributed by atoms with Gasteiger partial charge in [0.25, 0.3) is 0 Å². The second-order valence-corrected chi connectivity index (χ2v) is 6.17. The zero-order valence-corrected chi connectivity index (χ0v) is 14.2. The summed E-state index contributed by atoms with van der Waals surface area (Å²) in [4.78, 5) is 28.1. The number of benzene rings is 1. The molecule has 0 spiro atoms. The first-order chi connectivity index (χ1) is 12.1. The standard InChI is InChI=1S/C18H22N4O3/c1-20-8-7-15(19-20)11-17(24)22-10-9-21(18(25)13-23)12-16(22)14-5-3-2-4-6-14/h2-8,16,23H,9-13H2,1H3. The number of amides is 2. The van der Waals surface area contributed by atoms with Gasteiger partial charge in [0.2, 0.25) is 11.8 Å². The molecule has 1 aliphatic rings. The maximum absolute atomic E-state index is 12.8. The highest BCUT2D eigenvalue weighted by molar-refractivity contribution is 5.80. The van der Waals surface area contributed by atoms with Gasteiger partial charge in [0.15, 0.2) is 0 Å². The molecule has 0 radical (unpaired) electrons. The van der Waals surface area contributed by atoms with Gasteiger partial charge >= 0.3 is 0 Å². The maximum Gasteiger partial charge on any atom is 0.248 e. The molecule has 1 aromatic carbocycles. The van der Waals surface area contributed by atoms with Crippen LogP contribution in [0.5, 0.6) is 0 Å². The Morgan fingerprint density at radius 1 is 1.16 bits per heavy atom. The molecule has 0 saturated carbocycles. The Labute approximate surface area is 146 Å². The van der Waals surface area contributed by atoms with E-state index in [9.17, 15) is 9.59 Å². The topological polar surface area (TPSA) is 78.7 Å². The predicted octanol–water partition coefficient (Wildman–Crippen LogP) is 0.367. The molecule has 0 bridgehead atoms. The van der Waals surface area contributed by atoms with E-state index in [1.807, 2.05) is 54.5 Å². The van der Waals surface area contributed by atoms with E-state index in [0.29, 0.717) is 19.6 Å². The number of aromatic nitrogens is 2. The van der Waals surface area contributed by atoms with Crippen LogP contribution >= 0.6 is 0 Å². The normalized spacial score (nSPS) is 17.6. The fraction of sp³-hybridized carbons (Fsp3) is 0.389. The number of hydrogen-bond donors (Lipinski definition) is 1. The molecule has 7 nitrogen and oxygen atoms in total. The third kappa shape index (κ3) is 3.88. The van der Waals surface area contributed by atoms with Crippen molar-refractivity contribution < 1.29 is 14.7 Å². The number of aliphatic hydroxyl groups excluding tert-OH is 1. The first-order valence-corrected chi connectivity index (χ1v) is 8.30. The van der Waals surface area contributed by atoms with E-state index in [4.69, 9.17) is 5.11 Å². The third-order valence-corrected chi connectivity index (χ3v) is 4.47. The summed E-state index contributed by atoms with van der Waals surface area (Å²) in [5.41, 5.74) is 1.71. The Kier molecular flexibility index (Phi) is 5.14. The fourth-order valence-electron chi connectivity index (χ4n) is 3.18. The van der Waals surface area contributed by atoms with E-state index in [1.54, 1.807) is 9.58 Å². The van der Waals surface area contributed by atoms with Gasteiger partial charge in [-0.25, -0.2) is 0 Å². The number of carbonyl (C=O) groups is 2. The number of carbonyl (C=O) groups excluding carboxylic acids is 2. The fourth-order valence-corrected chi connectivity index (χ4v) is 3.18. The van der Waals surface area contributed by atoms with Crippen molar-refractivity contribution >= 4 is 11.8 Å². The van der Waals surface area contributed by atoms with Crippen molar-refractivity contribution in [2.45, 2.75) is 12.5 Å². The average molecular weight is 342 g/mol. The zero-order chi connectivity index (χ0) is 17.8. The van der Waals surface area contributed by atoms with Gasteiger partial charge in [0.05, 0.1) is 18.2 Å². The molecule has 1 atom stereocenters. The van der Waals surface area contributed by atoms with Crippen molar-refractivity contribution in [3.05, 3.63) is 53.9 Å². The molecule has 1 saturated heterocycles. The molecule has 7 heteroatoms. The van der Waals surface area contributed by atoms with E-state index in [-0.39, 0.29) is 24.3 Å². The lowest BCUT2D eigenvalue weighted by Crippen LogP contribution is -2.53. The van der Waals surface area contributed by atoms with E-state index >= 15 is 0 Å². The Hall–Kier alpha value is -2.67. The molecule has 132 valence electrons. The van der Waals surface area contributed by atoms with Gasteiger partial charge in [0, 0.05) is 32.9 Å². The largest absolute Gasteiger partial charge is 0.387 e. The first kappa shape index (κ1) is 17.2. The summed E-state index contributed by atoms with van der Waals surface area (Å²) in [6, 6.07) is 11.3. The van der Waals surface area contributed by atoms with Crippen molar-refractivity contribution in [3.8, 4) is 0 Å². The Morgan fingerprint density at radius 3 is 2.56 bits per heavy atom. The van der Waals surface area contributed by atoms with Crippen LogP contribution in [0, 0.1) is 0 Å². The summed E-state index contributed by atoms with van der Waals surface area (Å²) in [7, 11) is 1.82.